The van der Waals surface area contributed by atoms with Gasteiger partial charge in [0, 0.05) is 44.2 Å². The largest absolute Gasteiger partial charge is 0.441 e. The number of aryl methyl sites for hydroxylation is 1. The first-order valence-corrected chi connectivity index (χ1v) is 8.62. The van der Waals surface area contributed by atoms with Crippen LogP contribution in [0.15, 0.2) is 52.9 Å². The summed E-state index contributed by atoms with van der Waals surface area (Å²) in [5, 5.41) is 0. The van der Waals surface area contributed by atoms with Gasteiger partial charge in [-0.3, -0.25) is 9.59 Å². The Kier molecular flexibility index (Phi) is 4.16. The van der Waals surface area contributed by atoms with Gasteiger partial charge in [-0.15, -0.1) is 0 Å². The van der Waals surface area contributed by atoms with Crippen LogP contribution in [0.5, 0.6) is 0 Å². The molecule has 26 heavy (non-hydrogen) atoms. The first kappa shape index (κ1) is 16.3. The molecule has 6 nitrogen and oxygen atoms in total. The van der Waals surface area contributed by atoms with Crippen molar-refractivity contribution in [2.75, 3.05) is 26.2 Å². The molecule has 3 aromatic rings. The zero-order valence-corrected chi connectivity index (χ0v) is 14.5. The molecule has 0 radical (unpaired) electrons. The zero-order valence-electron chi connectivity index (χ0n) is 14.5. The molecular weight excluding hydrogens is 330 g/mol. The minimum absolute atomic E-state index is 0.0113. The van der Waals surface area contributed by atoms with Gasteiger partial charge in [-0.05, 0) is 30.3 Å². The highest BCUT2D eigenvalue weighted by Crippen LogP contribution is 2.19. The molecular formula is C20H19N3O3. The molecule has 0 N–H and O–H groups in total. The third-order valence-corrected chi connectivity index (χ3v) is 4.62. The van der Waals surface area contributed by atoms with E-state index in [2.05, 4.69) is 4.98 Å². The Morgan fingerprint density at radius 2 is 1.50 bits per heavy atom. The first-order chi connectivity index (χ1) is 12.6. The second-order valence-corrected chi connectivity index (χ2v) is 6.37. The van der Waals surface area contributed by atoms with Gasteiger partial charge in [0.05, 0.1) is 0 Å². The van der Waals surface area contributed by atoms with Gasteiger partial charge in [0.2, 0.25) is 0 Å². The van der Waals surface area contributed by atoms with Crippen LogP contribution in [0.25, 0.3) is 11.1 Å². The summed E-state index contributed by atoms with van der Waals surface area (Å²) in [6.45, 7) is 3.89. The number of amides is 2. The SMILES string of the molecule is Cc1nc2cc(C(=O)N3CCN(C(=O)c4ccccc4)CC3)ccc2o1. The third kappa shape index (κ3) is 3.06. The Balaban J connectivity index is 1.43. The molecule has 0 saturated carbocycles. The van der Waals surface area contributed by atoms with Crippen LogP contribution in [-0.4, -0.2) is 52.8 Å². The van der Waals surface area contributed by atoms with Gasteiger partial charge in [0.15, 0.2) is 11.5 Å². The fraction of sp³-hybridized carbons (Fsp3) is 0.250. The number of hydrogen-bond donors (Lipinski definition) is 0. The van der Waals surface area contributed by atoms with Gasteiger partial charge < -0.3 is 14.2 Å². The molecule has 1 saturated heterocycles. The van der Waals surface area contributed by atoms with Gasteiger partial charge in [-0.25, -0.2) is 4.98 Å². The lowest BCUT2D eigenvalue weighted by molar-refractivity contribution is 0.0535. The van der Waals surface area contributed by atoms with Gasteiger partial charge in [-0.1, -0.05) is 18.2 Å². The molecule has 0 aliphatic carbocycles. The summed E-state index contributed by atoms with van der Waals surface area (Å²) in [6.07, 6.45) is 0. The summed E-state index contributed by atoms with van der Waals surface area (Å²) in [7, 11) is 0. The summed E-state index contributed by atoms with van der Waals surface area (Å²) in [5.74, 6) is 0.550. The number of benzene rings is 2. The van der Waals surface area contributed by atoms with E-state index in [0.29, 0.717) is 54.3 Å². The standard InChI is InChI=1S/C20H19N3O3/c1-14-21-17-13-16(7-8-18(17)26-14)20(25)23-11-9-22(10-12-23)19(24)15-5-3-2-4-6-15/h2-8,13H,9-12H2,1H3. The van der Waals surface area contributed by atoms with E-state index in [4.69, 9.17) is 4.42 Å². The average Bonchev–Trinajstić information content (AvgIpc) is 3.07. The molecule has 132 valence electrons. The molecule has 1 aliphatic rings. The second kappa shape index (κ2) is 6.63. The zero-order chi connectivity index (χ0) is 18.1. The maximum Gasteiger partial charge on any atom is 0.254 e. The van der Waals surface area contributed by atoms with Crippen molar-refractivity contribution in [3.05, 3.63) is 65.5 Å². The number of oxazole rings is 1. The molecule has 2 amide bonds. The minimum atomic E-state index is -0.0423. The monoisotopic (exact) mass is 349 g/mol. The molecule has 6 heteroatoms. The summed E-state index contributed by atoms with van der Waals surface area (Å²) in [5.41, 5.74) is 2.64. The van der Waals surface area contributed by atoms with Gasteiger partial charge in [-0.2, -0.15) is 0 Å². The number of carbonyl (C=O) groups excluding carboxylic acids is 2. The van der Waals surface area contributed by atoms with Crippen molar-refractivity contribution >= 4 is 22.9 Å². The Hall–Kier alpha value is -3.15. The molecule has 1 fully saturated rings. The number of carbonyl (C=O) groups is 2. The molecule has 0 unspecified atom stereocenters. The van der Waals surface area contributed by atoms with E-state index >= 15 is 0 Å². The molecule has 0 spiro atoms. The fourth-order valence-electron chi connectivity index (χ4n) is 3.23. The molecule has 0 atom stereocenters. The quantitative estimate of drug-likeness (QED) is 0.713. The number of rotatable bonds is 2. The van der Waals surface area contributed by atoms with Crippen LogP contribution in [0.1, 0.15) is 26.6 Å². The van der Waals surface area contributed by atoms with Crippen LogP contribution in [0.3, 0.4) is 0 Å². The highest BCUT2D eigenvalue weighted by molar-refractivity contribution is 5.98. The molecule has 1 aliphatic heterocycles. The van der Waals surface area contributed by atoms with Crippen molar-refractivity contribution in [2.45, 2.75) is 6.92 Å². The number of nitrogens with zero attached hydrogens (tertiary/aromatic N) is 3. The fourth-order valence-corrected chi connectivity index (χ4v) is 3.23. The van der Waals surface area contributed by atoms with Crippen LogP contribution in [0.4, 0.5) is 0 Å². The number of piperazine rings is 1. The Bertz CT molecular complexity index is 957. The van der Waals surface area contributed by atoms with Gasteiger partial charge in [0.1, 0.15) is 5.52 Å². The van der Waals surface area contributed by atoms with E-state index in [1.54, 1.807) is 34.9 Å². The van der Waals surface area contributed by atoms with Crippen molar-refractivity contribution in [3.8, 4) is 0 Å². The molecule has 2 heterocycles. The van der Waals surface area contributed by atoms with Crippen molar-refractivity contribution in [2.24, 2.45) is 0 Å². The van der Waals surface area contributed by atoms with E-state index in [-0.39, 0.29) is 11.8 Å². The lowest BCUT2D eigenvalue weighted by Crippen LogP contribution is -2.50. The van der Waals surface area contributed by atoms with E-state index < -0.39 is 0 Å². The maximum absolute atomic E-state index is 12.8. The molecule has 2 aromatic carbocycles. The van der Waals surface area contributed by atoms with Crippen molar-refractivity contribution in [1.29, 1.82) is 0 Å². The predicted molar refractivity (Wildman–Crippen MR) is 97.0 cm³/mol. The van der Waals surface area contributed by atoms with E-state index in [1.165, 1.54) is 0 Å². The van der Waals surface area contributed by atoms with Crippen molar-refractivity contribution < 1.29 is 14.0 Å². The molecule has 0 bridgehead atoms. The Labute approximate surface area is 151 Å². The minimum Gasteiger partial charge on any atom is -0.441 e. The maximum atomic E-state index is 12.8. The van der Waals surface area contributed by atoms with Crippen molar-refractivity contribution in [3.63, 3.8) is 0 Å². The number of fused-ring (bicyclic) bond motifs is 1. The van der Waals surface area contributed by atoms with Crippen LogP contribution < -0.4 is 0 Å². The summed E-state index contributed by atoms with van der Waals surface area (Å²) in [4.78, 5) is 33.1. The normalized spacial score (nSPS) is 14.7. The van der Waals surface area contributed by atoms with Gasteiger partial charge >= 0.3 is 0 Å². The third-order valence-electron chi connectivity index (χ3n) is 4.62. The van der Waals surface area contributed by atoms with E-state index in [1.807, 2.05) is 30.3 Å². The summed E-state index contributed by atoms with van der Waals surface area (Å²) >= 11 is 0. The lowest BCUT2D eigenvalue weighted by atomic mass is 10.1. The average molecular weight is 349 g/mol. The van der Waals surface area contributed by atoms with E-state index in [9.17, 15) is 9.59 Å². The highest BCUT2D eigenvalue weighted by atomic mass is 16.3. The number of hydrogen-bond acceptors (Lipinski definition) is 4. The van der Waals surface area contributed by atoms with Gasteiger partial charge in [0.25, 0.3) is 11.8 Å². The highest BCUT2D eigenvalue weighted by Gasteiger charge is 2.25. The molecule has 4 rings (SSSR count). The van der Waals surface area contributed by atoms with Crippen LogP contribution in [0.2, 0.25) is 0 Å². The van der Waals surface area contributed by atoms with Crippen LogP contribution in [-0.2, 0) is 0 Å². The van der Waals surface area contributed by atoms with Crippen LogP contribution in [0, 0.1) is 6.92 Å². The second-order valence-electron chi connectivity index (χ2n) is 6.37. The smallest absolute Gasteiger partial charge is 0.254 e. The summed E-state index contributed by atoms with van der Waals surface area (Å²) in [6, 6.07) is 14.5. The first-order valence-electron chi connectivity index (χ1n) is 8.62. The molecule has 1 aromatic heterocycles. The van der Waals surface area contributed by atoms with Crippen molar-refractivity contribution in [1.82, 2.24) is 14.8 Å². The Morgan fingerprint density at radius 3 is 2.15 bits per heavy atom. The Morgan fingerprint density at radius 1 is 0.885 bits per heavy atom. The number of aromatic nitrogens is 1. The van der Waals surface area contributed by atoms with Crippen LogP contribution >= 0.6 is 0 Å². The lowest BCUT2D eigenvalue weighted by Gasteiger charge is -2.34. The summed E-state index contributed by atoms with van der Waals surface area (Å²) < 4.78 is 5.45. The topological polar surface area (TPSA) is 66.7 Å². The van der Waals surface area contributed by atoms with E-state index in [0.717, 1.165) is 0 Å². The predicted octanol–water partition coefficient (Wildman–Crippen LogP) is 2.73.